The molecule has 9 heteroatoms. The van der Waals surface area contributed by atoms with Crippen LogP contribution in [0.1, 0.15) is 5.56 Å². The molecule has 0 radical (unpaired) electrons. The number of nitro groups is 1. The minimum atomic E-state index is -0.420. The summed E-state index contributed by atoms with van der Waals surface area (Å²) in [5.41, 5.74) is 0.996. The van der Waals surface area contributed by atoms with Crippen molar-refractivity contribution in [2.45, 2.75) is 6.54 Å². The molecule has 0 spiro atoms. The van der Waals surface area contributed by atoms with Crippen molar-refractivity contribution >= 4 is 32.4 Å². The van der Waals surface area contributed by atoms with Crippen molar-refractivity contribution in [3.05, 3.63) is 46.3 Å². The molecule has 4 rings (SSSR count). The van der Waals surface area contributed by atoms with E-state index >= 15 is 0 Å². The van der Waals surface area contributed by atoms with Crippen molar-refractivity contribution in [1.82, 2.24) is 9.97 Å². The van der Waals surface area contributed by atoms with Gasteiger partial charge in [-0.05, 0) is 29.0 Å². The molecular weight excluding hydrogens is 332 g/mol. The number of hydrogen-bond acceptors (Lipinski definition) is 8. The van der Waals surface area contributed by atoms with Crippen LogP contribution in [0, 0.1) is 10.1 Å². The van der Waals surface area contributed by atoms with Gasteiger partial charge in [-0.15, -0.1) is 0 Å². The Bertz CT molecular complexity index is 927. The number of rotatable bonds is 4. The third-order valence-electron chi connectivity index (χ3n) is 3.56. The number of aromatic nitrogens is 2. The molecule has 0 aliphatic carbocycles. The molecular formula is C15H12N4O4S. The van der Waals surface area contributed by atoms with E-state index in [4.69, 9.17) is 9.47 Å². The second-order valence-corrected chi connectivity index (χ2v) is 6.12. The fraction of sp³-hybridized carbons (Fsp3) is 0.200. The summed E-state index contributed by atoms with van der Waals surface area (Å²) in [7, 11) is 0. The minimum Gasteiger partial charge on any atom is -0.486 e. The maximum atomic E-state index is 10.9. The molecule has 0 saturated heterocycles. The van der Waals surface area contributed by atoms with Gasteiger partial charge in [0.2, 0.25) is 0 Å². The van der Waals surface area contributed by atoms with Gasteiger partial charge in [0.05, 0.1) is 10.3 Å². The van der Waals surface area contributed by atoms with Crippen molar-refractivity contribution < 1.29 is 14.4 Å². The highest BCUT2D eigenvalue weighted by atomic mass is 32.1. The molecule has 0 atom stereocenters. The monoisotopic (exact) mass is 344 g/mol. The predicted molar refractivity (Wildman–Crippen MR) is 88.8 cm³/mol. The number of anilines is 1. The normalized spacial score (nSPS) is 13.0. The highest BCUT2D eigenvalue weighted by Gasteiger charge is 2.16. The largest absolute Gasteiger partial charge is 0.486 e. The Kier molecular flexibility index (Phi) is 3.62. The van der Waals surface area contributed by atoms with Gasteiger partial charge in [-0.3, -0.25) is 10.1 Å². The third kappa shape index (κ3) is 2.69. The molecule has 2 aromatic heterocycles. The molecule has 1 aliphatic rings. The van der Waals surface area contributed by atoms with Gasteiger partial charge >= 0.3 is 5.00 Å². The first-order chi connectivity index (χ1) is 11.7. The summed E-state index contributed by atoms with van der Waals surface area (Å²) >= 11 is 1.03. The Morgan fingerprint density at radius 2 is 2.04 bits per heavy atom. The lowest BCUT2D eigenvalue weighted by Gasteiger charge is -2.19. The van der Waals surface area contributed by atoms with E-state index in [1.54, 1.807) is 0 Å². The van der Waals surface area contributed by atoms with Crippen LogP contribution in [0.15, 0.2) is 30.6 Å². The summed E-state index contributed by atoms with van der Waals surface area (Å²) < 4.78 is 11.1. The van der Waals surface area contributed by atoms with Crippen molar-refractivity contribution in [2.75, 3.05) is 18.5 Å². The molecule has 3 aromatic rings. The van der Waals surface area contributed by atoms with E-state index in [2.05, 4.69) is 15.3 Å². The van der Waals surface area contributed by atoms with E-state index in [0.29, 0.717) is 35.8 Å². The number of fused-ring (bicyclic) bond motifs is 2. The van der Waals surface area contributed by atoms with E-state index in [1.165, 1.54) is 12.4 Å². The van der Waals surface area contributed by atoms with Gasteiger partial charge in [-0.25, -0.2) is 9.97 Å². The third-order valence-corrected chi connectivity index (χ3v) is 4.56. The van der Waals surface area contributed by atoms with Gasteiger partial charge < -0.3 is 14.8 Å². The fourth-order valence-electron chi connectivity index (χ4n) is 2.46. The van der Waals surface area contributed by atoms with Gasteiger partial charge in [0.15, 0.2) is 11.5 Å². The van der Waals surface area contributed by atoms with Crippen molar-refractivity contribution in [3.8, 4) is 11.5 Å². The molecule has 122 valence electrons. The SMILES string of the molecule is O=[N+]([O-])c1cc2c(NCc3ccc4c(c3)OCCO4)ncnc2s1. The van der Waals surface area contributed by atoms with E-state index in [0.717, 1.165) is 28.4 Å². The maximum absolute atomic E-state index is 10.9. The quantitative estimate of drug-likeness (QED) is 0.573. The molecule has 1 aliphatic heterocycles. The van der Waals surface area contributed by atoms with E-state index in [1.807, 2.05) is 18.2 Å². The molecule has 0 bridgehead atoms. The zero-order valence-corrected chi connectivity index (χ0v) is 13.2. The molecule has 0 amide bonds. The first-order valence-corrected chi connectivity index (χ1v) is 8.04. The average molecular weight is 344 g/mol. The van der Waals surface area contributed by atoms with Crippen LogP contribution in [0.5, 0.6) is 11.5 Å². The Balaban J connectivity index is 1.57. The predicted octanol–water partition coefficient (Wildman–Crippen LogP) is 2.98. The lowest BCUT2D eigenvalue weighted by molar-refractivity contribution is -0.380. The van der Waals surface area contributed by atoms with Crippen LogP contribution in [0.2, 0.25) is 0 Å². The summed E-state index contributed by atoms with van der Waals surface area (Å²) in [5.74, 6) is 2.03. The van der Waals surface area contributed by atoms with Crippen LogP contribution in [-0.2, 0) is 6.54 Å². The fourth-order valence-corrected chi connectivity index (χ4v) is 3.27. The van der Waals surface area contributed by atoms with Crippen molar-refractivity contribution in [1.29, 1.82) is 0 Å². The second-order valence-electron chi connectivity index (χ2n) is 5.11. The minimum absolute atomic E-state index is 0.0490. The molecule has 1 aromatic carbocycles. The molecule has 0 saturated carbocycles. The standard InChI is InChI=1S/C15H12N4O4S/c20-19(21)13-6-10-14(17-8-18-15(10)24-13)16-7-9-1-2-11-12(5-9)23-4-3-22-11/h1-2,5-6,8H,3-4,7H2,(H,16,17,18). The Hall–Kier alpha value is -2.94. The first-order valence-electron chi connectivity index (χ1n) is 7.22. The van der Waals surface area contributed by atoms with Gasteiger partial charge in [0, 0.05) is 12.6 Å². The van der Waals surface area contributed by atoms with Crippen LogP contribution >= 0.6 is 11.3 Å². The maximum Gasteiger partial charge on any atom is 0.326 e. The zero-order chi connectivity index (χ0) is 16.5. The van der Waals surface area contributed by atoms with Gasteiger partial charge in [0.1, 0.15) is 30.2 Å². The van der Waals surface area contributed by atoms with E-state index < -0.39 is 4.92 Å². The van der Waals surface area contributed by atoms with Crippen molar-refractivity contribution in [3.63, 3.8) is 0 Å². The van der Waals surface area contributed by atoms with Gasteiger partial charge in [-0.2, -0.15) is 0 Å². The molecule has 8 nitrogen and oxygen atoms in total. The number of thiophene rings is 1. The number of nitrogens with zero attached hydrogens (tertiary/aromatic N) is 3. The molecule has 24 heavy (non-hydrogen) atoms. The zero-order valence-electron chi connectivity index (χ0n) is 12.4. The Labute approximate surface area is 140 Å². The highest BCUT2D eigenvalue weighted by Crippen LogP contribution is 2.34. The van der Waals surface area contributed by atoms with Gasteiger partial charge in [0.25, 0.3) is 0 Å². The number of hydrogen-bond donors (Lipinski definition) is 1. The summed E-state index contributed by atoms with van der Waals surface area (Å²) in [6, 6.07) is 7.22. The highest BCUT2D eigenvalue weighted by molar-refractivity contribution is 7.21. The Morgan fingerprint density at radius 3 is 2.88 bits per heavy atom. The second kappa shape index (κ2) is 5.93. The first kappa shape index (κ1) is 14.6. The smallest absolute Gasteiger partial charge is 0.326 e. The summed E-state index contributed by atoms with van der Waals surface area (Å²) in [5, 5.41) is 14.8. The van der Waals surface area contributed by atoms with Crippen LogP contribution < -0.4 is 14.8 Å². The topological polar surface area (TPSA) is 99.4 Å². The number of benzene rings is 1. The molecule has 1 N–H and O–H groups in total. The summed E-state index contributed by atoms with van der Waals surface area (Å²) in [6.45, 7) is 1.60. The molecule has 0 fully saturated rings. The summed E-state index contributed by atoms with van der Waals surface area (Å²) in [6.07, 6.45) is 1.40. The van der Waals surface area contributed by atoms with Crippen LogP contribution in [-0.4, -0.2) is 28.1 Å². The van der Waals surface area contributed by atoms with Gasteiger partial charge in [-0.1, -0.05) is 6.07 Å². The van der Waals surface area contributed by atoms with E-state index in [9.17, 15) is 10.1 Å². The number of ether oxygens (including phenoxy) is 2. The summed E-state index contributed by atoms with van der Waals surface area (Å²) in [4.78, 5) is 19.4. The van der Waals surface area contributed by atoms with Crippen molar-refractivity contribution in [2.24, 2.45) is 0 Å². The van der Waals surface area contributed by atoms with E-state index in [-0.39, 0.29) is 5.00 Å². The average Bonchev–Trinajstić information content (AvgIpc) is 3.05. The molecule has 0 unspecified atom stereocenters. The molecule has 3 heterocycles. The lowest BCUT2D eigenvalue weighted by Crippen LogP contribution is -2.15. The van der Waals surface area contributed by atoms with Crippen LogP contribution in [0.4, 0.5) is 10.8 Å². The Morgan fingerprint density at radius 1 is 1.21 bits per heavy atom. The van der Waals surface area contributed by atoms with Crippen LogP contribution in [0.25, 0.3) is 10.2 Å². The lowest BCUT2D eigenvalue weighted by atomic mass is 10.2. The van der Waals surface area contributed by atoms with Crippen LogP contribution in [0.3, 0.4) is 0 Å². The number of nitrogens with one attached hydrogen (secondary N) is 1.